The Kier molecular flexibility index (Phi) is 6.91. The Balaban J connectivity index is 1.70. The Labute approximate surface area is 194 Å². The molecule has 6 nitrogen and oxygen atoms in total. The monoisotopic (exact) mass is 454 g/mol. The van der Waals surface area contributed by atoms with Crippen LogP contribution in [0.2, 0.25) is 0 Å². The van der Waals surface area contributed by atoms with Crippen molar-refractivity contribution in [2.24, 2.45) is 10.8 Å². The number of likely N-dealkylation sites (N-methyl/N-ethyl adjacent to an activating group) is 1. The average molecular weight is 455 g/mol. The van der Waals surface area contributed by atoms with Crippen molar-refractivity contribution in [1.29, 1.82) is 0 Å². The smallest absolute Gasteiger partial charge is 0.184 e. The van der Waals surface area contributed by atoms with Gasteiger partial charge < -0.3 is 20.4 Å². The van der Waals surface area contributed by atoms with Crippen LogP contribution in [0.3, 0.4) is 0 Å². The first kappa shape index (κ1) is 22.5. The van der Waals surface area contributed by atoms with Gasteiger partial charge in [-0.25, -0.2) is 4.39 Å². The van der Waals surface area contributed by atoms with E-state index in [1.807, 2.05) is 24.3 Å². The molecule has 32 heavy (non-hydrogen) atoms. The molecule has 2 fully saturated rings. The summed E-state index contributed by atoms with van der Waals surface area (Å²) in [6.45, 7) is 2.65. The molecule has 8 heteroatoms. The van der Waals surface area contributed by atoms with Gasteiger partial charge in [-0.15, -0.1) is 0 Å². The topological polar surface area (TPSA) is 60.1 Å². The number of benzene rings is 2. The summed E-state index contributed by atoms with van der Waals surface area (Å²) in [6, 6.07) is 14.6. The summed E-state index contributed by atoms with van der Waals surface area (Å²) < 4.78 is 15.4. The van der Waals surface area contributed by atoms with E-state index in [-0.39, 0.29) is 17.0 Å². The Morgan fingerprint density at radius 1 is 1.19 bits per heavy atom. The van der Waals surface area contributed by atoms with Gasteiger partial charge in [0.05, 0.1) is 17.9 Å². The Morgan fingerprint density at radius 2 is 1.97 bits per heavy atom. The first-order valence-electron chi connectivity index (χ1n) is 11.1. The fourth-order valence-electron chi connectivity index (χ4n) is 4.79. The SMILES string of the molecule is CN(C)C1CCN(c2cc(N3CCCC3c3ccccc3)c(F)cc2C=NNC(N)=S)C1. The lowest BCUT2D eigenvalue weighted by Gasteiger charge is -2.30. The molecular weight excluding hydrogens is 423 g/mol. The maximum absolute atomic E-state index is 15.4. The third-order valence-corrected chi connectivity index (χ3v) is 6.55. The van der Waals surface area contributed by atoms with Crippen molar-refractivity contribution >= 4 is 34.9 Å². The molecular formula is C24H31FN6S. The number of nitrogens with two attached hydrogens (primary N) is 1. The van der Waals surface area contributed by atoms with Gasteiger partial charge in [0.2, 0.25) is 0 Å². The minimum atomic E-state index is -0.239. The zero-order valence-electron chi connectivity index (χ0n) is 18.7. The Bertz CT molecular complexity index is 980. The second kappa shape index (κ2) is 9.83. The molecule has 0 bridgehead atoms. The molecule has 2 aliphatic heterocycles. The number of rotatable bonds is 6. The van der Waals surface area contributed by atoms with Crippen LogP contribution in [0.4, 0.5) is 15.8 Å². The molecule has 2 unspecified atom stereocenters. The van der Waals surface area contributed by atoms with Crippen molar-refractivity contribution in [3.63, 3.8) is 0 Å². The summed E-state index contributed by atoms with van der Waals surface area (Å²) >= 11 is 4.83. The van der Waals surface area contributed by atoms with Gasteiger partial charge in [0.25, 0.3) is 0 Å². The zero-order valence-corrected chi connectivity index (χ0v) is 19.5. The van der Waals surface area contributed by atoms with E-state index in [1.165, 1.54) is 5.56 Å². The molecule has 0 aromatic heterocycles. The van der Waals surface area contributed by atoms with Gasteiger partial charge >= 0.3 is 0 Å². The zero-order chi connectivity index (χ0) is 22.7. The van der Waals surface area contributed by atoms with Crippen molar-refractivity contribution < 1.29 is 4.39 Å². The molecule has 2 heterocycles. The second-order valence-electron chi connectivity index (χ2n) is 8.71. The maximum atomic E-state index is 15.4. The van der Waals surface area contributed by atoms with Gasteiger partial charge in [-0.1, -0.05) is 30.3 Å². The molecule has 0 saturated carbocycles. The molecule has 2 aromatic rings. The first-order chi connectivity index (χ1) is 15.4. The lowest BCUT2D eigenvalue weighted by Crippen LogP contribution is -2.32. The third-order valence-electron chi connectivity index (χ3n) is 6.46. The summed E-state index contributed by atoms with van der Waals surface area (Å²) in [5.41, 5.74) is 11.6. The summed E-state index contributed by atoms with van der Waals surface area (Å²) in [4.78, 5) is 6.78. The molecule has 0 radical (unpaired) electrons. The predicted molar refractivity (Wildman–Crippen MR) is 134 cm³/mol. The highest BCUT2D eigenvalue weighted by molar-refractivity contribution is 7.80. The van der Waals surface area contributed by atoms with Crippen LogP contribution in [-0.2, 0) is 0 Å². The Hall–Kier alpha value is -2.71. The lowest BCUT2D eigenvalue weighted by molar-refractivity contribution is 0.315. The second-order valence-corrected chi connectivity index (χ2v) is 9.15. The van der Waals surface area contributed by atoms with E-state index in [2.05, 4.69) is 51.5 Å². The van der Waals surface area contributed by atoms with Crippen LogP contribution in [-0.4, -0.2) is 56.0 Å². The highest BCUT2D eigenvalue weighted by atomic mass is 32.1. The van der Waals surface area contributed by atoms with Crippen LogP contribution in [0.5, 0.6) is 0 Å². The first-order valence-corrected chi connectivity index (χ1v) is 11.5. The van der Waals surface area contributed by atoms with Crippen molar-refractivity contribution in [1.82, 2.24) is 10.3 Å². The van der Waals surface area contributed by atoms with E-state index >= 15 is 4.39 Å². The fraction of sp³-hybridized carbons (Fsp3) is 0.417. The minimum Gasteiger partial charge on any atom is -0.375 e. The average Bonchev–Trinajstić information content (AvgIpc) is 3.44. The van der Waals surface area contributed by atoms with E-state index in [0.717, 1.165) is 44.6 Å². The molecule has 4 rings (SSSR count). The van der Waals surface area contributed by atoms with Gasteiger partial charge in [0.1, 0.15) is 5.82 Å². The number of nitrogens with one attached hydrogen (secondary N) is 1. The van der Waals surface area contributed by atoms with Crippen molar-refractivity contribution in [3.05, 3.63) is 59.4 Å². The normalized spacial score (nSPS) is 21.1. The molecule has 2 aromatic carbocycles. The highest BCUT2D eigenvalue weighted by Crippen LogP contribution is 2.40. The lowest BCUT2D eigenvalue weighted by atomic mass is 10.0. The molecule has 0 amide bonds. The molecule has 0 aliphatic carbocycles. The van der Waals surface area contributed by atoms with Crippen molar-refractivity contribution in [2.75, 3.05) is 43.5 Å². The molecule has 2 saturated heterocycles. The predicted octanol–water partition coefficient (Wildman–Crippen LogP) is 3.47. The van der Waals surface area contributed by atoms with Crippen LogP contribution in [0, 0.1) is 5.82 Å². The number of hydrogen-bond acceptors (Lipinski definition) is 5. The van der Waals surface area contributed by atoms with Crippen molar-refractivity contribution in [2.45, 2.75) is 31.3 Å². The van der Waals surface area contributed by atoms with Crippen LogP contribution in [0.15, 0.2) is 47.6 Å². The number of anilines is 2. The standard InChI is InChI=1S/C24H31FN6S/c1-29(2)19-10-12-30(16-19)22-14-23(20(25)13-18(22)15-27-28-24(26)32)31-11-6-9-21(31)17-7-4-3-5-8-17/h3-5,7-8,13-15,19,21H,6,9-12,16H2,1-2H3,(H3,26,28,32). The van der Waals surface area contributed by atoms with E-state index in [4.69, 9.17) is 18.0 Å². The number of hydrogen-bond donors (Lipinski definition) is 2. The summed E-state index contributed by atoms with van der Waals surface area (Å²) in [5, 5.41) is 4.18. The number of nitrogens with zero attached hydrogens (tertiary/aromatic N) is 4. The fourth-order valence-corrected chi connectivity index (χ4v) is 4.84. The van der Waals surface area contributed by atoms with E-state index in [1.54, 1.807) is 12.3 Å². The number of thiocarbonyl (C=S) groups is 1. The van der Waals surface area contributed by atoms with E-state index in [0.29, 0.717) is 17.3 Å². The van der Waals surface area contributed by atoms with Crippen LogP contribution in [0.1, 0.15) is 36.4 Å². The Morgan fingerprint density at radius 3 is 2.66 bits per heavy atom. The molecule has 170 valence electrons. The molecule has 3 N–H and O–H groups in total. The minimum absolute atomic E-state index is 0.0801. The summed E-state index contributed by atoms with van der Waals surface area (Å²) in [5.74, 6) is -0.239. The van der Waals surface area contributed by atoms with Crippen LogP contribution in [0.25, 0.3) is 0 Å². The van der Waals surface area contributed by atoms with Gasteiger partial charge in [-0.05, 0) is 63.3 Å². The van der Waals surface area contributed by atoms with E-state index < -0.39 is 0 Å². The van der Waals surface area contributed by atoms with Gasteiger partial charge in [0.15, 0.2) is 5.11 Å². The molecule has 0 spiro atoms. The maximum Gasteiger partial charge on any atom is 0.184 e. The van der Waals surface area contributed by atoms with Gasteiger partial charge in [-0.2, -0.15) is 5.10 Å². The molecule has 2 aliphatic rings. The van der Waals surface area contributed by atoms with Crippen molar-refractivity contribution in [3.8, 4) is 0 Å². The number of hydrazone groups is 1. The van der Waals surface area contributed by atoms with E-state index in [9.17, 15) is 0 Å². The number of halogens is 1. The third kappa shape index (κ3) is 4.86. The van der Waals surface area contributed by atoms with Crippen LogP contribution < -0.4 is 21.0 Å². The molecule has 2 atom stereocenters. The summed E-state index contributed by atoms with van der Waals surface area (Å²) in [7, 11) is 4.21. The van der Waals surface area contributed by atoms with Crippen LogP contribution >= 0.6 is 12.2 Å². The van der Waals surface area contributed by atoms with Gasteiger partial charge in [-0.3, -0.25) is 5.43 Å². The highest BCUT2D eigenvalue weighted by Gasteiger charge is 2.31. The largest absolute Gasteiger partial charge is 0.375 e. The summed E-state index contributed by atoms with van der Waals surface area (Å²) in [6.07, 6.45) is 4.73. The van der Waals surface area contributed by atoms with Gasteiger partial charge in [0, 0.05) is 36.9 Å². The quantitative estimate of drug-likeness (QED) is 0.396.